The van der Waals surface area contributed by atoms with Crippen LogP contribution in [0.4, 0.5) is 4.39 Å². The second-order valence-corrected chi connectivity index (χ2v) is 4.17. The normalized spacial score (nSPS) is 11.4. The van der Waals surface area contributed by atoms with E-state index in [-0.39, 0.29) is 24.7 Å². The smallest absolute Gasteiger partial charge is 0.227 e. The molecule has 19 heavy (non-hydrogen) atoms. The van der Waals surface area contributed by atoms with Gasteiger partial charge in [0.2, 0.25) is 5.91 Å². The van der Waals surface area contributed by atoms with Gasteiger partial charge in [0, 0.05) is 6.54 Å². The molecule has 1 aromatic carbocycles. The SMILES string of the molecule is CCCN(CC(N)=NO)C(=O)Cc1ccccc1F. The minimum Gasteiger partial charge on any atom is -0.409 e. The van der Waals surface area contributed by atoms with Gasteiger partial charge >= 0.3 is 0 Å². The van der Waals surface area contributed by atoms with Crippen molar-refractivity contribution in [3.8, 4) is 0 Å². The van der Waals surface area contributed by atoms with Crippen LogP contribution in [0.1, 0.15) is 18.9 Å². The Kier molecular flexibility index (Phi) is 5.78. The molecule has 0 aliphatic heterocycles. The van der Waals surface area contributed by atoms with Crippen LogP contribution in [-0.4, -0.2) is 34.9 Å². The average molecular weight is 267 g/mol. The zero-order chi connectivity index (χ0) is 14.3. The Hall–Kier alpha value is -2.11. The number of amides is 1. The van der Waals surface area contributed by atoms with E-state index < -0.39 is 5.82 Å². The van der Waals surface area contributed by atoms with Gasteiger partial charge in [0.15, 0.2) is 5.84 Å². The summed E-state index contributed by atoms with van der Waals surface area (Å²) in [7, 11) is 0. The molecule has 1 aromatic rings. The van der Waals surface area contributed by atoms with Crippen molar-refractivity contribution in [1.29, 1.82) is 0 Å². The molecule has 3 N–H and O–H groups in total. The Balaban J connectivity index is 2.75. The molecule has 6 heteroatoms. The molecule has 0 spiro atoms. The highest BCUT2D eigenvalue weighted by atomic mass is 19.1. The highest BCUT2D eigenvalue weighted by Gasteiger charge is 2.16. The number of carbonyl (C=O) groups is 1. The van der Waals surface area contributed by atoms with Crippen molar-refractivity contribution in [2.75, 3.05) is 13.1 Å². The molecule has 0 aliphatic carbocycles. The molecule has 0 bridgehead atoms. The molecule has 1 amide bonds. The summed E-state index contributed by atoms with van der Waals surface area (Å²) in [5.41, 5.74) is 5.74. The number of carbonyl (C=O) groups excluding carboxylic acids is 1. The first-order valence-electron chi connectivity index (χ1n) is 6.06. The van der Waals surface area contributed by atoms with Crippen molar-refractivity contribution in [3.05, 3.63) is 35.6 Å². The van der Waals surface area contributed by atoms with Crippen molar-refractivity contribution in [2.45, 2.75) is 19.8 Å². The van der Waals surface area contributed by atoms with Gasteiger partial charge in [-0.25, -0.2) is 4.39 Å². The van der Waals surface area contributed by atoms with Crippen LogP contribution in [-0.2, 0) is 11.2 Å². The van der Waals surface area contributed by atoms with E-state index in [1.54, 1.807) is 18.2 Å². The van der Waals surface area contributed by atoms with Crippen LogP contribution in [0.3, 0.4) is 0 Å². The van der Waals surface area contributed by atoms with Crippen LogP contribution < -0.4 is 5.73 Å². The fourth-order valence-corrected chi connectivity index (χ4v) is 1.71. The molecule has 0 unspecified atom stereocenters. The molecule has 0 saturated carbocycles. The monoisotopic (exact) mass is 267 g/mol. The molecule has 1 rings (SSSR count). The molecular weight excluding hydrogens is 249 g/mol. The average Bonchev–Trinajstić information content (AvgIpc) is 2.40. The van der Waals surface area contributed by atoms with Gasteiger partial charge in [0.1, 0.15) is 5.82 Å². The third-order valence-corrected chi connectivity index (χ3v) is 2.63. The van der Waals surface area contributed by atoms with Gasteiger partial charge < -0.3 is 15.8 Å². The van der Waals surface area contributed by atoms with Gasteiger partial charge in [0.05, 0.1) is 13.0 Å². The molecule has 0 aromatic heterocycles. The molecule has 0 radical (unpaired) electrons. The minimum absolute atomic E-state index is 0.0363. The molecule has 0 saturated heterocycles. The number of halogens is 1. The maximum absolute atomic E-state index is 13.5. The lowest BCUT2D eigenvalue weighted by Gasteiger charge is -2.21. The van der Waals surface area contributed by atoms with E-state index in [4.69, 9.17) is 10.9 Å². The molecular formula is C13H18FN3O2. The van der Waals surface area contributed by atoms with Crippen LogP contribution in [0.2, 0.25) is 0 Å². The number of nitrogens with zero attached hydrogens (tertiary/aromatic N) is 2. The predicted molar refractivity (Wildman–Crippen MR) is 70.4 cm³/mol. The molecule has 0 fully saturated rings. The summed E-state index contributed by atoms with van der Waals surface area (Å²) in [4.78, 5) is 13.5. The summed E-state index contributed by atoms with van der Waals surface area (Å²) in [5.74, 6) is -0.704. The highest BCUT2D eigenvalue weighted by molar-refractivity contribution is 5.87. The maximum atomic E-state index is 13.5. The van der Waals surface area contributed by atoms with Gasteiger partial charge in [0.25, 0.3) is 0 Å². The zero-order valence-electron chi connectivity index (χ0n) is 10.8. The number of hydrogen-bond donors (Lipinski definition) is 2. The second-order valence-electron chi connectivity index (χ2n) is 4.17. The number of amidine groups is 1. The van der Waals surface area contributed by atoms with Crippen LogP contribution >= 0.6 is 0 Å². The van der Waals surface area contributed by atoms with E-state index in [9.17, 15) is 9.18 Å². The van der Waals surface area contributed by atoms with E-state index in [1.165, 1.54) is 11.0 Å². The van der Waals surface area contributed by atoms with Crippen molar-refractivity contribution in [1.82, 2.24) is 4.90 Å². The van der Waals surface area contributed by atoms with Gasteiger partial charge in [-0.2, -0.15) is 0 Å². The van der Waals surface area contributed by atoms with Crippen molar-refractivity contribution in [3.63, 3.8) is 0 Å². The summed E-state index contributed by atoms with van der Waals surface area (Å²) in [6.07, 6.45) is 0.701. The van der Waals surface area contributed by atoms with Gasteiger partial charge in [-0.3, -0.25) is 4.79 Å². The summed E-state index contributed by atoms with van der Waals surface area (Å²) in [6, 6.07) is 6.14. The number of nitrogens with two attached hydrogens (primary N) is 1. The Morgan fingerprint density at radius 2 is 2.16 bits per heavy atom. The quantitative estimate of drug-likeness (QED) is 0.353. The van der Waals surface area contributed by atoms with E-state index in [0.29, 0.717) is 12.1 Å². The topological polar surface area (TPSA) is 78.9 Å². The molecule has 104 valence electrons. The number of rotatable bonds is 6. The summed E-state index contributed by atoms with van der Waals surface area (Å²) >= 11 is 0. The van der Waals surface area contributed by atoms with Crippen molar-refractivity contribution < 1.29 is 14.4 Å². The lowest BCUT2D eigenvalue weighted by molar-refractivity contribution is -0.129. The van der Waals surface area contributed by atoms with Crippen LogP contribution in [0.15, 0.2) is 29.4 Å². The van der Waals surface area contributed by atoms with Crippen LogP contribution in [0, 0.1) is 5.82 Å². The first-order valence-corrected chi connectivity index (χ1v) is 6.06. The molecule has 5 nitrogen and oxygen atoms in total. The lowest BCUT2D eigenvalue weighted by Crippen LogP contribution is -2.40. The van der Waals surface area contributed by atoms with E-state index in [0.717, 1.165) is 6.42 Å². The summed E-state index contributed by atoms with van der Waals surface area (Å²) in [6.45, 7) is 2.43. The van der Waals surface area contributed by atoms with Gasteiger partial charge in [-0.15, -0.1) is 0 Å². The largest absolute Gasteiger partial charge is 0.409 e. The van der Waals surface area contributed by atoms with Gasteiger partial charge in [-0.1, -0.05) is 30.3 Å². The Bertz CT molecular complexity index is 463. The maximum Gasteiger partial charge on any atom is 0.227 e. The van der Waals surface area contributed by atoms with E-state index in [1.807, 2.05) is 6.92 Å². The first kappa shape index (κ1) is 14.9. The zero-order valence-corrected chi connectivity index (χ0v) is 10.8. The lowest BCUT2D eigenvalue weighted by atomic mass is 10.1. The van der Waals surface area contributed by atoms with Gasteiger partial charge in [-0.05, 0) is 18.1 Å². The third kappa shape index (κ3) is 4.57. The third-order valence-electron chi connectivity index (χ3n) is 2.63. The van der Waals surface area contributed by atoms with Crippen molar-refractivity contribution >= 4 is 11.7 Å². The Morgan fingerprint density at radius 3 is 2.74 bits per heavy atom. The second kappa shape index (κ2) is 7.35. The summed E-state index contributed by atoms with van der Waals surface area (Å²) in [5, 5.41) is 11.4. The minimum atomic E-state index is -0.406. The number of benzene rings is 1. The fourth-order valence-electron chi connectivity index (χ4n) is 1.71. The van der Waals surface area contributed by atoms with E-state index in [2.05, 4.69) is 5.16 Å². The van der Waals surface area contributed by atoms with E-state index >= 15 is 0 Å². The Morgan fingerprint density at radius 1 is 1.47 bits per heavy atom. The predicted octanol–water partition coefficient (Wildman–Crippen LogP) is 1.35. The molecule has 0 heterocycles. The van der Waals surface area contributed by atoms with Crippen molar-refractivity contribution in [2.24, 2.45) is 10.9 Å². The molecule has 0 aliphatic rings. The van der Waals surface area contributed by atoms with Crippen LogP contribution in [0.5, 0.6) is 0 Å². The number of hydrogen-bond acceptors (Lipinski definition) is 3. The summed E-state index contributed by atoms with van der Waals surface area (Å²) < 4.78 is 13.5. The standard InChI is InChI=1S/C13H18FN3O2/c1-2-7-17(9-12(15)16-19)13(18)8-10-5-3-4-6-11(10)14/h3-6,19H,2,7-9H2,1H3,(H2,15,16). The Labute approximate surface area is 111 Å². The number of oxime groups is 1. The fraction of sp³-hybridized carbons (Fsp3) is 0.385. The molecule has 0 atom stereocenters. The first-order chi connectivity index (χ1) is 9.08. The highest BCUT2D eigenvalue weighted by Crippen LogP contribution is 2.09. The van der Waals surface area contributed by atoms with Crippen LogP contribution in [0.25, 0.3) is 0 Å².